The summed E-state index contributed by atoms with van der Waals surface area (Å²) in [5.74, 6) is -0.173. The number of carbonyl (C=O) groups excluding carboxylic acids is 1. The Morgan fingerprint density at radius 1 is 0.585 bits per heavy atom. The van der Waals surface area contributed by atoms with Crippen molar-refractivity contribution in [3.05, 3.63) is 24.3 Å². The molecule has 0 saturated heterocycles. The highest BCUT2D eigenvalue weighted by Gasteiger charge is 2.26. The van der Waals surface area contributed by atoms with Crippen molar-refractivity contribution >= 4 is 5.91 Å². The second kappa shape index (κ2) is 31.8. The van der Waals surface area contributed by atoms with E-state index < -0.39 is 18.2 Å². The van der Waals surface area contributed by atoms with E-state index in [0.717, 1.165) is 44.9 Å². The average Bonchev–Trinajstić information content (AvgIpc) is 2.97. The zero-order chi connectivity index (χ0) is 30.2. The lowest BCUT2D eigenvalue weighted by atomic mass is 10.0. The second-order valence-electron chi connectivity index (χ2n) is 12.1. The van der Waals surface area contributed by atoms with Gasteiger partial charge in [0.2, 0.25) is 5.91 Å². The number of aliphatic hydroxyl groups excluding tert-OH is 3. The molecule has 0 saturated carbocycles. The summed E-state index contributed by atoms with van der Waals surface area (Å²) in [4.78, 5) is 12.3. The summed E-state index contributed by atoms with van der Waals surface area (Å²) < 4.78 is 0. The predicted molar refractivity (Wildman–Crippen MR) is 176 cm³/mol. The molecule has 0 fully saturated rings. The summed E-state index contributed by atoms with van der Waals surface area (Å²) in [6, 6.07) is -0.829. The van der Waals surface area contributed by atoms with Gasteiger partial charge in [0.25, 0.3) is 0 Å². The van der Waals surface area contributed by atoms with Crippen molar-refractivity contribution in [2.75, 3.05) is 6.61 Å². The molecule has 0 heterocycles. The highest BCUT2D eigenvalue weighted by Crippen LogP contribution is 2.13. The molecule has 5 nitrogen and oxygen atoms in total. The first-order chi connectivity index (χ1) is 20.1. The number of aliphatic hydroxyl groups is 3. The van der Waals surface area contributed by atoms with Crippen molar-refractivity contribution in [3.63, 3.8) is 0 Å². The summed E-state index contributed by atoms with van der Waals surface area (Å²) in [6.07, 6.45) is 35.5. The van der Waals surface area contributed by atoms with Crippen molar-refractivity contribution in [2.45, 2.75) is 193 Å². The van der Waals surface area contributed by atoms with Crippen molar-refractivity contribution in [1.29, 1.82) is 0 Å². The van der Waals surface area contributed by atoms with E-state index in [2.05, 4.69) is 43.5 Å². The van der Waals surface area contributed by atoms with E-state index in [1.54, 1.807) is 0 Å². The predicted octanol–water partition coefficient (Wildman–Crippen LogP) is 9.09. The third-order valence-corrected chi connectivity index (χ3v) is 8.03. The van der Waals surface area contributed by atoms with Gasteiger partial charge in [-0.25, -0.2) is 0 Å². The van der Waals surface area contributed by atoms with E-state index in [-0.39, 0.29) is 12.5 Å². The van der Waals surface area contributed by atoms with Crippen LogP contribution in [0.25, 0.3) is 0 Å². The lowest BCUT2D eigenvalue weighted by Crippen LogP contribution is -2.50. The van der Waals surface area contributed by atoms with Crippen LogP contribution in [0.15, 0.2) is 24.3 Å². The Kier molecular flexibility index (Phi) is 30.9. The van der Waals surface area contributed by atoms with Crippen LogP contribution in [-0.4, -0.2) is 46.1 Å². The van der Waals surface area contributed by atoms with Crippen molar-refractivity contribution in [3.8, 4) is 0 Å². The molecule has 0 aromatic carbocycles. The lowest BCUT2D eigenvalue weighted by molar-refractivity contribution is -0.124. The maximum absolute atomic E-state index is 12.3. The fourth-order valence-electron chi connectivity index (χ4n) is 5.21. The first kappa shape index (κ1) is 39.8. The van der Waals surface area contributed by atoms with Gasteiger partial charge >= 0.3 is 0 Å². The highest BCUT2D eigenvalue weighted by molar-refractivity contribution is 5.76. The number of unbranched alkanes of at least 4 members (excludes halogenated alkanes) is 19. The number of rotatable bonds is 31. The first-order valence-electron chi connectivity index (χ1n) is 17.6. The molecule has 0 bridgehead atoms. The summed E-state index contributed by atoms with van der Waals surface area (Å²) in [5.41, 5.74) is 0. The fourth-order valence-corrected chi connectivity index (χ4v) is 5.21. The van der Waals surface area contributed by atoms with E-state index in [9.17, 15) is 20.1 Å². The number of allylic oxidation sites excluding steroid dienone is 4. The van der Waals surface area contributed by atoms with E-state index in [4.69, 9.17) is 0 Å². The van der Waals surface area contributed by atoms with Crippen LogP contribution in [0.1, 0.15) is 174 Å². The molecule has 242 valence electrons. The van der Waals surface area contributed by atoms with E-state index in [1.165, 1.54) is 103 Å². The van der Waals surface area contributed by atoms with Crippen LogP contribution in [0.2, 0.25) is 0 Å². The molecule has 0 aliphatic heterocycles. The maximum Gasteiger partial charge on any atom is 0.220 e. The van der Waals surface area contributed by atoms with Gasteiger partial charge in [0, 0.05) is 6.42 Å². The van der Waals surface area contributed by atoms with Gasteiger partial charge < -0.3 is 20.6 Å². The molecule has 0 rings (SSSR count). The quantitative estimate of drug-likeness (QED) is 0.0487. The molecule has 3 unspecified atom stereocenters. The number of hydrogen-bond donors (Lipinski definition) is 4. The van der Waals surface area contributed by atoms with Gasteiger partial charge in [-0.2, -0.15) is 0 Å². The Morgan fingerprint density at radius 3 is 1.41 bits per heavy atom. The van der Waals surface area contributed by atoms with Crippen LogP contribution < -0.4 is 5.32 Å². The maximum atomic E-state index is 12.3. The van der Waals surface area contributed by atoms with Crippen molar-refractivity contribution in [2.24, 2.45) is 0 Å². The molecule has 4 N–H and O–H groups in total. The van der Waals surface area contributed by atoms with Gasteiger partial charge in [-0.15, -0.1) is 0 Å². The number of hydrogen-bond acceptors (Lipinski definition) is 4. The molecule has 0 aliphatic carbocycles. The van der Waals surface area contributed by atoms with Crippen LogP contribution in [0.3, 0.4) is 0 Å². The number of nitrogens with one attached hydrogen (secondary N) is 1. The Hall–Kier alpha value is -1.17. The molecule has 5 heteroatoms. The minimum Gasteiger partial charge on any atom is -0.394 e. The minimum absolute atomic E-state index is 0.173. The average molecular weight is 580 g/mol. The van der Waals surface area contributed by atoms with E-state index in [1.807, 2.05) is 0 Å². The standard InChI is InChI=1S/C36H69NO4/c1-3-5-7-9-11-13-15-17-19-20-22-24-26-28-30-34(39)36(41)33(32-38)37-35(40)31-29-27-25-23-21-18-16-14-12-10-8-6-4-2/h18,21-22,24,33-34,36,38-39,41H,3-17,19-20,23,25-32H2,1-2H3,(H,37,40)/b21-18-,24-22+. The first-order valence-corrected chi connectivity index (χ1v) is 17.6. The molecule has 0 spiro atoms. The van der Waals surface area contributed by atoms with Gasteiger partial charge in [-0.05, 0) is 64.2 Å². The summed E-state index contributed by atoms with van der Waals surface area (Å²) in [6.45, 7) is 4.12. The van der Waals surface area contributed by atoms with Crippen LogP contribution >= 0.6 is 0 Å². The summed E-state index contributed by atoms with van der Waals surface area (Å²) in [5, 5.41) is 33.2. The topological polar surface area (TPSA) is 89.8 Å². The van der Waals surface area contributed by atoms with Gasteiger partial charge in [-0.1, -0.05) is 128 Å². The molecule has 0 aromatic rings. The van der Waals surface area contributed by atoms with Crippen LogP contribution in [-0.2, 0) is 4.79 Å². The van der Waals surface area contributed by atoms with Gasteiger partial charge in [-0.3, -0.25) is 4.79 Å². The lowest BCUT2D eigenvalue weighted by Gasteiger charge is -2.26. The third-order valence-electron chi connectivity index (χ3n) is 8.03. The summed E-state index contributed by atoms with van der Waals surface area (Å²) in [7, 11) is 0. The fraction of sp³-hybridized carbons (Fsp3) is 0.861. The normalized spacial score (nSPS) is 14.2. The third kappa shape index (κ3) is 27.4. The Balaban J connectivity index is 3.79. The zero-order valence-electron chi connectivity index (χ0n) is 27.2. The van der Waals surface area contributed by atoms with Crippen LogP contribution in [0.4, 0.5) is 0 Å². The summed E-state index contributed by atoms with van der Waals surface area (Å²) >= 11 is 0. The zero-order valence-corrected chi connectivity index (χ0v) is 27.2. The van der Waals surface area contributed by atoms with Gasteiger partial charge in [0.15, 0.2) is 0 Å². The molecule has 1 amide bonds. The van der Waals surface area contributed by atoms with Crippen molar-refractivity contribution in [1.82, 2.24) is 5.32 Å². The van der Waals surface area contributed by atoms with Crippen LogP contribution in [0, 0.1) is 0 Å². The van der Waals surface area contributed by atoms with Gasteiger partial charge in [0.1, 0.15) is 6.10 Å². The molecule has 0 radical (unpaired) electrons. The molecular weight excluding hydrogens is 510 g/mol. The molecule has 0 aliphatic rings. The van der Waals surface area contributed by atoms with Crippen molar-refractivity contribution < 1.29 is 20.1 Å². The highest BCUT2D eigenvalue weighted by atomic mass is 16.3. The Labute approximate surface area is 254 Å². The molecule has 3 atom stereocenters. The second-order valence-corrected chi connectivity index (χ2v) is 12.1. The van der Waals surface area contributed by atoms with E-state index >= 15 is 0 Å². The van der Waals surface area contributed by atoms with Crippen LogP contribution in [0.5, 0.6) is 0 Å². The Morgan fingerprint density at radius 2 is 0.976 bits per heavy atom. The SMILES string of the molecule is CCCCCCCC/C=C\CCCCCC(=O)NC(CO)C(O)C(O)CCC/C=C/CCCCCCCCCCC. The smallest absolute Gasteiger partial charge is 0.220 e. The number of amides is 1. The number of carbonyl (C=O) groups is 1. The molecule has 0 aromatic heterocycles. The molecule has 41 heavy (non-hydrogen) atoms. The van der Waals surface area contributed by atoms with Gasteiger partial charge in [0.05, 0.1) is 18.8 Å². The Bertz CT molecular complexity index is 606. The largest absolute Gasteiger partial charge is 0.394 e. The minimum atomic E-state index is -1.16. The monoisotopic (exact) mass is 580 g/mol. The van der Waals surface area contributed by atoms with E-state index in [0.29, 0.717) is 12.8 Å². The molecular formula is C36H69NO4.